The zero-order valence-corrected chi connectivity index (χ0v) is 13.4. The van der Waals surface area contributed by atoms with E-state index in [0.29, 0.717) is 6.04 Å². The molecule has 0 bridgehead atoms. The van der Waals surface area contributed by atoms with Crippen LogP contribution in [0.4, 0.5) is 0 Å². The molecule has 3 nitrogen and oxygen atoms in total. The summed E-state index contributed by atoms with van der Waals surface area (Å²) in [5.74, 6) is 1.75. The number of aromatic nitrogens is 1. The van der Waals surface area contributed by atoms with Crippen LogP contribution in [0.5, 0.6) is 0 Å². The second-order valence-electron chi connectivity index (χ2n) is 5.81. The summed E-state index contributed by atoms with van der Waals surface area (Å²) >= 11 is 6.29. The minimum absolute atomic E-state index is 0.525. The first-order valence-electron chi connectivity index (χ1n) is 7.54. The number of oxazole rings is 1. The maximum atomic E-state index is 6.29. The summed E-state index contributed by atoms with van der Waals surface area (Å²) in [6.07, 6.45) is 3.44. The lowest BCUT2D eigenvalue weighted by atomic mass is 10.0. The van der Waals surface area contributed by atoms with Crippen LogP contribution >= 0.6 is 11.6 Å². The number of likely N-dealkylation sites (tertiary alicyclic amines) is 1. The van der Waals surface area contributed by atoms with E-state index >= 15 is 0 Å². The molecule has 4 heteroatoms. The predicted octanol–water partition coefficient (Wildman–Crippen LogP) is 4.15. The highest BCUT2D eigenvalue weighted by Crippen LogP contribution is 2.26. The van der Waals surface area contributed by atoms with E-state index in [4.69, 9.17) is 16.0 Å². The second kappa shape index (κ2) is 6.20. The molecule has 1 saturated heterocycles. The van der Waals surface area contributed by atoms with E-state index in [1.54, 1.807) is 0 Å². The number of halogens is 1. The van der Waals surface area contributed by atoms with Gasteiger partial charge in [0.25, 0.3) is 0 Å². The normalized spacial score (nSPS) is 19.3. The minimum Gasteiger partial charge on any atom is -0.444 e. The highest BCUT2D eigenvalue weighted by molar-refractivity contribution is 6.31. The minimum atomic E-state index is 0.525. The summed E-state index contributed by atoms with van der Waals surface area (Å²) in [6.45, 7) is 5.87. The molecule has 2 aromatic rings. The van der Waals surface area contributed by atoms with Crippen LogP contribution < -0.4 is 0 Å². The van der Waals surface area contributed by atoms with Crippen molar-refractivity contribution in [3.05, 3.63) is 52.2 Å². The molecule has 21 heavy (non-hydrogen) atoms. The zero-order chi connectivity index (χ0) is 14.8. The average Bonchev–Trinajstić information content (AvgIpc) is 3.01. The number of hydrogen-bond donors (Lipinski definition) is 0. The van der Waals surface area contributed by atoms with Crippen molar-refractivity contribution in [1.29, 1.82) is 0 Å². The van der Waals surface area contributed by atoms with E-state index < -0.39 is 0 Å². The van der Waals surface area contributed by atoms with Gasteiger partial charge in [-0.3, -0.25) is 4.90 Å². The van der Waals surface area contributed by atoms with Crippen LogP contribution in [-0.2, 0) is 13.0 Å². The van der Waals surface area contributed by atoms with Gasteiger partial charge in [-0.2, -0.15) is 0 Å². The van der Waals surface area contributed by atoms with E-state index in [-0.39, 0.29) is 0 Å². The largest absolute Gasteiger partial charge is 0.444 e. The van der Waals surface area contributed by atoms with Gasteiger partial charge in [-0.15, -0.1) is 0 Å². The molecule has 0 amide bonds. The van der Waals surface area contributed by atoms with Gasteiger partial charge < -0.3 is 4.42 Å². The lowest BCUT2D eigenvalue weighted by Crippen LogP contribution is -2.30. The summed E-state index contributed by atoms with van der Waals surface area (Å²) < 4.78 is 5.72. The molecule has 3 rings (SSSR count). The molecule has 1 aliphatic heterocycles. The smallest absolute Gasteiger partial charge is 0.208 e. The molecule has 1 aliphatic rings. The van der Waals surface area contributed by atoms with Crippen LogP contribution in [-0.4, -0.2) is 22.5 Å². The van der Waals surface area contributed by atoms with Crippen LogP contribution in [0.1, 0.15) is 35.7 Å². The van der Waals surface area contributed by atoms with Gasteiger partial charge >= 0.3 is 0 Å². The summed E-state index contributed by atoms with van der Waals surface area (Å²) in [6, 6.07) is 8.66. The van der Waals surface area contributed by atoms with Gasteiger partial charge in [-0.1, -0.05) is 29.8 Å². The average molecular weight is 305 g/mol. The fourth-order valence-electron chi connectivity index (χ4n) is 3.03. The Morgan fingerprint density at radius 2 is 2.14 bits per heavy atom. The monoisotopic (exact) mass is 304 g/mol. The van der Waals surface area contributed by atoms with E-state index in [1.165, 1.54) is 18.4 Å². The van der Waals surface area contributed by atoms with Crippen molar-refractivity contribution in [1.82, 2.24) is 9.88 Å². The first-order chi connectivity index (χ1) is 10.1. The summed E-state index contributed by atoms with van der Waals surface area (Å²) in [4.78, 5) is 6.96. The number of benzene rings is 1. The van der Waals surface area contributed by atoms with Gasteiger partial charge in [0.2, 0.25) is 5.89 Å². The fourth-order valence-corrected chi connectivity index (χ4v) is 3.25. The summed E-state index contributed by atoms with van der Waals surface area (Å²) in [7, 11) is 0. The molecule has 0 radical (unpaired) electrons. The third kappa shape index (κ3) is 3.30. The number of nitrogens with zero attached hydrogens (tertiary/aromatic N) is 2. The van der Waals surface area contributed by atoms with Crippen molar-refractivity contribution in [2.24, 2.45) is 0 Å². The van der Waals surface area contributed by atoms with Gasteiger partial charge in [0.1, 0.15) is 5.76 Å². The molecule has 1 fully saturated rings. The number of rotatable bonds is 4. The van der Waals surface area contributed by atoms with Crippen molar-refractivity contribution in [3.63, 3.8) is 0 Å². The Hall–Kier alpha value is -1.32. The van der Waals surface area contributed by atoms with Crippen LogP contribution in [0.25, 0.3) is 0 Å². The van der Waals surface area contributed by atoms with Crippen LogP contribution in [0.3, 0.4) is 0 Å². The first kappa shape index (κ1) is 14.6. The quantitative estimate of drug-likeness (QED) is 0.849. The van der Waals surface area contributed by atoms with Gasteiger partial charge in [-0.05, 0) is 51.3 Å². The Bertz CT molecular complexity index is 604. The molecular formula is C17H21ClN2O. The fraction of sp³-hybridized carbons (Fsp3) is 0.471. The lowest BCUT2D eigenvalue weighted by molar-refractivity contribution is 0.219. The van der Waals surface area contributed by atoms with Crippen molar-refractivity contribution in [2.75, 3.05) is 6.54 Å². The third-order valence-corrected chi connectivity index (χ3v) is 4.69. The Morgan fingerprint density at radius 1 is 1.33 bits per heavy atom. The van der Waals surface area contributed by atoms with Crippen LogP contribution in [0.2, 0.25) is 5.02 Å². The topological polar surface area (TPSA) is 29.3 Å². The van der Waals surface area contributed by atoms with Crippen molar-refractivity contribution >= 4 is 11.6 Å². The Labute approximate surface area is 130 Å². The van der Waals surface area contributed by atoms with Gasteiger partial charge in [0, 0.05) is 11.1 Å². The maximum absolute atomic E-state index is 6.29. The summed E-state index contributed by atoms with van der Waals surface area (Å²) in [5.41, 5.74) is 2.22. The Balaban J connectivity index is 1.69. The second-order valence-corrected chi connectivity index (χ2v) is 6.22. The molecule has 0 N–H and O–H groups in total. The highest BCUT2D eigenvalue weighted by atomic mass is 35.5. The molecule has 112 valence electrons. The maximum Gasteiger partial charge on any atom is 0.208 e. The van der Waals surface area contributed by atoms with E-state index in [1.807, 2.05) is 26.0 Å². The van der Waals surface area contributed by atoms with Crippen molar-refractivity contribution in [2.45, 2.75) is 45.7 Å². The number of aryl methyl sites for hydroxylation is 2. The van der Waals surface area contributed by atoms with Crippen LogP contribution in [0.15, 0.2) is 28.7 Å². The van der Waals surface area contributed by atoms with E-state index in [9.17, 15) is 0 Å². The molecule has 0 spiro atoms. The Kier molecular flexibility index (Phi) is 4.32. The molecule has 1 aromatic heterocycles. The SMILES string of the molecule is Cc1nc(CN2CCCC2Cc2ccccc2Cl)oc1C. The summed E-state index contributed by atoms with van der Waals surface area (Å²) in [5, 5.41) is 0.868. The molecule has 0 saturated carbocycles. The van der Waals surface area contributed by atoms with Gasteiger partial charge in [0.15, 0.2) is 0 Å². The van der Waals surface area contributed by atoms with E-state index in [0.717, 1.165) is 41.9 Å². The molecule has 2 heterocycles. The molecule has 1 atom stereocenters. The molecule has 1 unspecified atom stereocenters. The van der Waals surface area contributed by atoms with E-state index in [2.05, 4.69) is 22.0 Å². The first-order valence-corrected chi connectivity index (χ1v) is 7.91. The highest BCUT2D eigenvalue weighted by Gasteiger charge is 2.26. The molecule has 1 aromatic carbocycles. The van der Waals surface area contributed by atoms with Crippen molar-refractivity contribution < 1.29 is 4.42 Å². The van der Waals surface area contributed by atoms with Crippen molar-refractivity contribution in [3.8, 4) is 0 Å². The standard InChI is InChI=1S/C17H21ClN2O/c1-12-13(2)21-17(19-12)11-20-9-5-7-15(20)10-14-6-3-4-8-16(14)18/h3-4,6,8,15H,5,7,9-11H2,1-2H3. The van der Waals surface area contributed by atoms with Crippen LogP contribution in [0, 0.1) is 13.8 Å². The number of hydrogen-bond acceptors (Lipinski definition) is 3. The predicted molar refractivity (Wildman–Crippen MR) is 84.6 cm³/mol. The molecule has 0 aliphatic carbocycles. The Morgan fingerprint density at radius 3 is 2.86 bits per heavy atom. The third-order valence-electron chi connectivity index (χ3n) is 4.32. The zero-order valence-electron chi connectivity index (χ0n) is 12.6. The molecular weight excluding hydrogens is 284 g/mol. The van der Waals surface area contributed by atoms with Gasteiger partial charge in [0.05, 0.1) is 12.2 Å². The lowest BCUT2D eigenvalue weighted by Gasteiger charge is -2.23. The van der Waals surface area contributed by atoms with Gasteiger partial charge in [-0.25, -0.2) is 4.98 Å².